The summed E-state index contributed by atoms with van der Waals surface area (Å²) in [5, 5.41) is 0. The van der Waals surface area contributed by atoms with Gasteiger partial charge in [0.05, 0.1) is 13.3 Å². The highest BCUT2D eigenvalue weighted by atomic mass is 79.9. The van der Waals surface area contributed by atoms with Crippen molar-refractivity contribution in [2.75, 3.05) is 14.2 Å². The summed E-state index contributed by atoms with van der Waals surface area (Å²) in [6.45, 7) is 0.429. The number of rotatable bonds is 4. The summed E-state index contributed by atoms with van der Waals surface area (Å²) in [5.74, 6) is 0.562. The number of hydrogen-bond acceptors (Lipinski definition) is 4. The Kier molecular flexibility index (Phi) is 4.68. The monoisotopic (exact) mass is 335 g/mol. The smallest absolute Gasteiger partial charge is 0.274 e. The second-order valence-electron chi connectivity index (χ2n) is 4.21. The van der Waals surface area contributed by atoms with Crippen LogP contribution in [0.15, 0.2) is 41.3 Å². The van der Waals surface area contributed by atoms with E-state index in [-0.39, 0.29) is 5.91 Å². The average Bonchev–Trinajstić information content (AvgIpc) is 2.47. The SMILES string of the molecule is COc1ccc(Br)cc1CN(C)C(=O)c1cnccn1. The molecule has 0 aliphatic rings. The van der Waals surface area contributed by atoms with E-state index in [9.17, 15) is 4.79 Å². The first-order chi connectivity index (χ1) is 9.61. The highest BCUT2D eigenvalue weighted by Gasteiger charge is 2.15. The van der Waals surface area contributed by atoms with Gasteiger partial charge in [0.2, 0.25) is 0 Å². The van der Waals surface area contributed by atoms with Crippen molar-refractivity contribution in [1.82, 2.24) is 14.9 Å². The van der Waals surface area contributed by atoms with Gasteiger partial charge in [0.25, 0.3) is 5.91 Å². The summed E-state index contributed by atoms with van der Waals surface area (Å²) in [7, 11) is 3.33. The van der Waals surface area contributed by atoms with E-state index < -0.39 is 0 Å². The number of benzene rings is 1. The molecule has 2 rings (SSSR count). The number of methoxy groups -OCH3 is 1. The molecule has 20 heavy (non-hydrogen) atoms. The van der Waals surface area contributed by atoms with Crippen LogP contribution in [0.3, 0.4) is 0 Å². The van der Waals surface area contributed by atoms with Crippen LogP contribution in [0.25, 0.3) is 0 Å². The van der Waals surface area contributed by atoms with Gasteiger partial charge in [-0.2, -0.15) is 0 Å². The van der Waals surface area contributed by atoms with E-state index in [4.69, 9.17) is 4.74 Å². The van der Waals surface area contributed by atoms with Crippen LogP contribution in [0.1, 0.15) is 16.1 Å². The van der Waals surface area contributed by atoms with Gasteiger partial charge in [-0.3, -0.25) is 9.78 Å². The Morgan fingerprint density at radius 3 is 2.85 bits per heavy atom. The van der Waals surface area contributed by atoms with Crippen LogP contribution in [-0.4, -0.2) is 34.9 Å². The Balaban J connectivity index is 2.17. The summed E-state index contributed by atoms with van der Waals surface area (Å²) in [5.41, 5.74) is 1.24. The quantitative estimate of drug-likeness (QED) is 0.861. The number of hydrogen-bond donors (Lipinski definition) is 0. The Morgan fingerprint density at radius 1 is 1.40 bits per heavy atom. The van der Waals surface area contributed by atoms with E-state index in [1.165, 1.54) is 18.6 Å². The van der Waals surface area contributed by atoms with Crippen LogP contribution in [0.2, 0.25) is 0 Å². The normalized spacial score (nSPS) is 10.2. The Hall–Kier alpha value is -1.95. The van der Waals surface area contributed by atoms with Crippen LogP contribution < -0.4 is 4.74 Å². The first kappa shape index (κ1) is 14.5. The standard InChI is InChI=1S/C14H14BrN3O2/c1-18(14(19)12-8-16-5-6-17-12)9-10-7-11(15)3-4-13(10)20-2/h3-8H,9H2,1-2H3. The summed E-state index contributed by atoms with van der Waals surface area (Å²) < 4.78 is 6.24. The molecule has 1 heterocycles. The third-order valence-electron chi connectivity index (χ3n) is 2.78. The molecule has 1 aromatic carbocycles. The van der Waals surface area contributed by atoms with Gasteiger partial charge in [0, 0.05) is 36.0 Å². The highest BCUT2D eigenvalue weighted by Crippen LogP contribution is 2.24. The first-order valence-corrected chi connectivity index (χ1v) is 6.75. The lowest BCUT2D eigenvalue weighted by Crippen LogP contribution is -2.27. The molecule has 1 amide bonds. The van der Waals surface area contributed by atoms with Crippen molar-refractivity contribution in [2.24, 2.45) is 0 Å². The summed E-state index contributed by atoms with van der Waals surface area (Å²) >= 11 is 3.42. The van der Waals surface area contributed by atoms with E-state index >= 15 is 0 Å². The zero-order valence-electron chi connectivity index (χ0n) is 11.2. The van der Waals surface area contributed by atoms with Crippen LogP contribution in [-0.2, 0) is 6.54 Å². The van der Waals surface area contributed by atoms with E-state index in [1.807, 2.05) is 18.2 Å². The molecule has 0 fully saturated rings. The van der Waals surface area contributed by atoms with Crippen LogP contribution in [0.4, 0.5) is 0 Å². The fourth-order valence-corrected chi connectivity index (χ4v) is 2.21. The van der Waals surface area contributed by atoms with Crippen molar-refractivity contribution in [3.05, 3.63) is 52.5 Å². The van der Waals surface area contributed by atoms with Crippen molar-refractivity contribution in [3.8, 4) is 5.75 Å². The molecule has 0 N–H and O–H groups in total. The minimum atomic E-state index is -0.180. The number of carbonyl (C=O) groups excluding carboxylic acids is 1. The molecule has 5 nitrogen and oxygen atoms in total. The molecule has 1 aromatic heterocycles. The van der Waals surface area contributed by atoms with Crippen molar-refractivity contribution >= 4 is 21.8 Å². The topological polar surface area (TPSA) is 55.3 Å². The van der Waals surface area contributed by atoms with Gasteiger partial charge in [-0.1, -0.05) is 15.9 Å². The zero-order valence-corrected chi connectivity index (χ0v) is 12.8. The predicted octanol–water partition coefficient (Wildman–Crippen LogP) is 2.52. The molecule has 0 saturated heterocycles. The van der Waals surface area contributed by atoms with Crippen LogP contribution >= 0.6 is 15.9 Å². The average molecular weight is 336 g/mol. The lowest BCUT2D eigenvalue weighted by Gasteiger charge is -2.18. The van der Waals surface area contributed by atoms with Gasteiger partial charge in [-0.15, -0.1) is 0 Å². The molecule has 0 spiro atoms. The van der Waals surface area contributed by atoms with Gasteiger partial charge >= 0.3 is 0 Å². The van der Waals surface area contributed by atoms with E-state index in [2.05, 4.69) is 25.9 Å². The minimum absolute atomic E-state index is 0.180. The number of aromatic nitrogens is 2. The molecule has 0 bridgehead atoms. The fraction of sp³-hybridized carbons (Fsp3) is 0.214. The van der Waals surface area contributed by atoms with Crippen molar-refractivity contribution in [3.63, 3.8) is 0 Å². The van der Waals surface area contributed by atoms with Gasteiger partial charge < -0.3 is 9.64 Å². The number of halogens is 1. The van der Waals surface area contributed by atoms with Gasteiger partial charge in [-0.25, -0.2) is 4.98 Å². The maximum atomic E-state index is 12.2. The number of ether oxygens (including phenoxy) is 1. The predicted molar refractivity (Wildman–Crippen MR) is 78.5 cm³/mol. The van der Waals surface area contributed by atoms with E-state index in [1.54, 1.807) is 19.1 Å². The zero-order chi connectivity index (χ0) is 14.5. The molecule has 0 aliphatic carbocycles. The first-order valence-electron chi connectivity index (χ1n) is 5.95. The largest absolute Gasteiger partial charge is 0.496 e. The summed E-state index contributed by atoms with van der Waals surface area (Å²) in [4.78, 5) is 21.7. The Morgan fingerprint density at radius 2 is 2.20 bits per heavy atom. The fourth-order valence-electron chi connectivity index (χ4n) is 1.80. The number of amides is 1. The molecular formula is C14H14BrN3O2. The van der Waals surface area contributed by atoms with E-state index in [0.717, 1.165) is 15.8 Å². The number of nitrogens with zero attached hydrogens (tertiary/aromatic N) is 3. The van der Waals surface area contributed by atoms with E-state index in [0.29, 0.717) is 12.2 Å². The maximum absolute atomic E-state index is 12.2. The van der Waals surface area contributed by atoms with Crippen molar-refractivity contribution in [1.29, 1.82) is 0 Å². The van der Waals surface area contributed by atoms with Crippen LogP contribution in [0.5, 0.6) is 5.75 Å². The molecular weight excluding hydrogens is 322 g/mol. The molecule has 2 aromatic rings. The summed E-state index contributed by atoms with van der Waals surface area (Å²) in [6, 6.07) is 5.69. The Labute approximate surface area is 125 Å². The highest BCUT2D eigenvalue weighted by molar-refractivity contribution is 9.10. The molecule has 0 radical (unpaired) electrons. The molecule has 104 valence electrons. The van der Waals surface area contributed by atoms with Crippen LogP contribution in [0, 0.1) is 0 Å². The second kappa shape index (κ2) is 6.47. The summed E-state index contributed by atoms with van der Waals surface area (Å²) in [6.07, 6.45) is 4.49. The maximum Gasteiger partial charge on any atom is 0.274 e. The molecule has 0 aliphatic heterocycles. The molecule has 0 atom stereocenters. The molecule has 0 saturated carbocycles. The Bertz CT molecular complexity index is 605. The van der Waals surface area contributed by atoms with Crippen molar-refractivity contribution < 1.29 is 9.53 Å². The lowest BCUT2D eigenvalue weighted by atomic mass is 10.2. The minimum Gasteiger partial charge on any atom is -0.496 e. The van der Waals surface area contributed by atoms with Gasteiger partial charge in [-0.05, 0) is 18.2 Å². The second-order valence-corrected chi connectivity index (χ2v) is 5.12. The third kappa shape index (κ3) is 3.33. The van der Waals surface area contributed by atoms with Gasteiger partial charge in [0.1, 0.15) is 11.4 Å². The molecule has 0 unspecified atom stereocenters. The third-order valence-corrected chi connectivity index (χ3v) is 3.27. The van der Waals surface area contributed by atoms with Gasteiger partial charge in [0.15, 0.2) is 0 Å². The number of carbonyl (C=O) groups is 1. The van der Waals surface area contributed by atoms with Crippen molar-refractivity contribution in [2.45, 2.75) is 6.54 Å². The lowest BCUT2D eigenvalue weighted by molar-refractivity contribution is 0.0778. The molecule has 6 heteroatoms.